The van der Waals surface area contributed by atoms with Crippen molar-refractivity contribution in [1.82, 2.24) is 19.7 Å². The third-order valence-electron chi connectivity index (χ3n) is 4.79. The number of halogens is 1. The molecular weight excluding hydrogens is 326 g/mol. The number of amides is 2. The third-order valence-corrected chi connectivity index (χ3v) is 5.02. The van der Waals surface area contributed by atoms with Crippen LogP contribution in [-0.4, -0.2) is 38.8 Å². The maximum absolute atomic E-state index is 12.6. The second-order valence-corrected chi connectivity index (χ2v) is 6.89. The number of fused-ring (bicyclic) bond motifs is 1. The number of likely N-dealkylation sites (tertiary alicyclic amines) is 1. The maximum atomic E-state index is 12.6. The second-order valence-electron chi connectivity index (χ2n) is 6.46. The first-order valence-electron chi connectivity index (χ1n) is 8.44. The largest absolute Gasteiger partial charge is 0.324 e. The maximum Gasteiger partial charge on any atom is 0.321 e. The molecule has 126 valence electrons. The van der Waals surface area contributed by atoms with E-state index in [-0.39, 0.29) is 11.9 Å². The summed E-state index contributed by atoms with van der Waals surface area (Å²) in [4.78, 5) is 14.4. The molecule has 1 atom stereocenters. The van der Waals surface area contributed by atoms with Gasteiger partial charge in [0.05, 0.1) is 0 Å². The number of aromatic nitrogens is 3. The van der Waals surface area contributed by atoms with Crippen molar-refractivity contribution >= 4 is 23.3 Å². The number of carbonyl (C=O) groups excluding carboxylic acids is 1. The number of aryl methyl sites for hydroxylation is 1. The highest BCUT2D eigenvalue weighted by Crippen LogP contribution is 2.28. The highest BCUT2D eigenvalue weighted by atomic mass is 35.5. The van der Waals surface area contributed by atoms with Crippen LogP contribution in [-0.2, 0) is 13.0 Å². The van der Waals surface area contributed by atoms with Gasteiger partial charge in [-0.15, -0.1) is 10.2 Å². The average Bonchev–Trinajstić information content (AvgIpc) is 3.18. The Kier molecular flexibility index (Phi) is 4.14. The zero-order chi connectivity index (χ0) is 16.5. The molecule has 2 aromatic rings. The zero-order valence-electron chi connectivity index (χ0n) is 13.4. The predicted octanol–water partition coefficient (Wildman–Crippen LogP) is 3.29. The zero-order valence-corrected chi connectivity index (χ0v) is 14.2. The molecule has 0 aliphatic carbocycles. The molecule has 1 saturated heterocycles. The Morgan fingerprint density at radius 3 is 3.04 bits per heavy atom. The van der Waals surface area contributed by atoms with Crippen LogP contribution in [0.5, 0.6) is 0 Å². The molecule has 0 radical (unpaired) electrons. The van der Waals surface area contributed by atoms with Crippen molar-refractivity contribution in [3.63, 3.8) is 0 Å². The summed E-state index contributed by atoms with van der Waals surface area (Å²) in [5.74, 6) is 2.40. The molecule has 2 amide bonds. The van der Waals surface area contributed by atoms with Crippen LogP contribution >= 0.6 is 11.6 Å². The summed E-state index contributed by atoms with van der Waals surface area (Å²) in [6.45, 7) is 2.46. The van der Waals surface area contributed by atoms with E-state index in [4.69, 9.17) is 11.6 Å². The molecule has 2 aliphatic heterocycles. The molecule has 1 fully saturated rings. The fourth-order valence-electron chi connectivity index (χ4n) is 3.62. The minimum Gasteiger partial charge on any atom is -0.324 e. The van der Waals surface area contributed by atoms with Gasteiger partial charge in [-0.25, -0.2) is 4.79 Å². The number of piperidine rings is 1. The number of nitrogens with one attached hydrogen (secondary N) is 1. The molecule has 2 aliphatic rings. The molecule has 24 heavy (non-hydrogen) atoms. The van der Waals surface area contributed by atoms with Gasteiger partial charge >= 0.3 is 6.03 Å². The van der Waals surface area contributed by atoms with Crippen LogP contribution in [0.2, 0.25) is 5.02 Å². The Labute approximate surface area is 145 Å². The van der Waals surface area contributed by atoms with E-state index < -0.39 is 0 Å². The lowest BCUT2D eigenvalue weighted by Gasteiger charge is -2.32. The van der Waals surface area contributed by atoms with Gasteiger partial charge in [0.25, 0.3) is 0 Å². The van der Waals surface area contributed by atoms with Gasteiger partial charge in [-0.3, -0.25) is 0 Å². The lowest BCUT2D eigenvalue weighted by molar-refractivity contribution is 0.190. The Hall–Kier alpha value is -2.08. The lowest BCUT2D eigenvalue weighted by Crippen LogP contribution is -2.42. The number of urea groups is 1. The standard InChI is InChI=1S/C17H20ClN5O/c18-13-5-1-6-14(10-13)19-17(24)22-8-2-4-12(11-22)16-21-20-15-7-3-9-23(15)16/h1,5-6,10,12H,2-4,7-9,11H2,(H,19,24)/t12-/m0/s1. The summed E-state index contributed by atoms with van der Waals surface area (Å²) in [5.41, 5.74) is 0.720. The van der Waals surface area contributed by atoms with Crippen LogP contribution in [0.3, 0.4) is 0 Å². The van der Waals surface area contributed by atoms with E-state index in [9.17, 15) is 4.79 Å². The van der Waals surface area contributed by atoms with E-state index in [0.29, 0.717) is 11.6 Å². The van der Waals surface area contributed by atoms with Gasteiger partial charge in [-0.1, -0.05) is 17.7 Å². The molecule has 7 heteroatoms. The number of carbonyl (C=O) groups is 1. The minimum absolute atomic E-state index is 0.0804. The Morgan fingerprint density at radius 2 is 2.17 bits per heavy atom. The van der Waals surface area contributed by atoms with Gasteiger partial charge in [0.1, 0.15) is 11.6 Å². The molecule has 0 bridgehead atoms. The van der Waals surface area contributed by atoms with Gasteiger partial charge in [0.2, 0.25) is 0 Å². The topological polar surface area (TPSA) is 63.1 Å². The molecule has 1 aromatic heterocycles. The van der Waals surface area contributed by atoms with Gasteiger partial charge in [-0.2, -0.15) is 0 Å². The second kappa shape index (κ2) is 6.43. The fraction of sp³-hybridized carbons (Fsp3) is 0.471. The smallest absolute Gasteiger partial charge is 0.321 e. The minimum atomic E-state index is -0.0804. The molecule has 6 nitrogen and oxygen atoms in total. The third kappa shape index (κ3) is 2.98. The van der Waals surface area contributed by atoms with E-state index in [0.717, 1.165) is 56.1 Å². The average molecular weight is 346 g/mol. The Bertz CT molecular complexity index is 759. The van der Waals surface area contributed by atoms with Crippen LogP contribution < -0.4 is 5.32 Å². The SMILES string of the molecule is O=C(Nc1cccc(Cl)c1)N1CCC[C@H](c2nnc3n2CCC3)C1. The van der Waals surface area contributed by atoms with Gasteiger partial charge in [0, 0.05) is 42.7 Å². The summed E-state index contributed by atoms with van der Waals surface area (Å²) in [7, 11) is 0. The van der Waals surface area contributed by atoms with Gasteiger partial charge in [-0.05, 0) is 37.5 Å². The van der Waals surface area contributed by atoms with Crippen LogP contribution in [0.1, 0.15) is 36.8 Å². The van der Waals surface area contributed by atoms with E-state index in [2.05, 4.69) is 20.1 Å². The van der Waals surface area contributed by atoms with Crippen LogP contribution in [0.25, 0.3) is 0 Å². The van der Waals surface area contributed by atoms with E-state index in [1.54, 1.807) is 12.1 Å². The summed E-state index contributed by atoms with van der Waals surface area (Å²) in [6, 6.07) is 7.14. The van der Waals surface area contributed by atoms with Gasteiger partial charge < -0.3 is 14.8 Å². The van der Waals surface area contributed by atoms with Crippen molar-refractivity contribution in [2.45, 2.75) is 38.1 Å². The fourth-order valence-corrected chi connectivity index (χ4v) is 3.81. The van der Waals surface area contributed by atoms with Gasteiger partial charge in [0.15, 0.2) is 0 Å². The lowest BCUT2D eigenvalue weighted by atomic mass is 9.97. The van der Waals surface area contributed by atoms with E-state index in [1.165, 1.54) is 0 Å². The van der Waals surface area contributed by atoms with Crippen LogP contribution in [0, 0.1) is 0 Å². The van der Waals surface area contributed by atoms with Crippen molar-refractivity contribution in [3.8, 4) is 0 Å². The molecule has 1 aromatic carbocycles. The first-order valence-corrected chi connectivity index (χ1v) is 8.82. The van der Waals surface area contributed by atoms with E-state index in [1.807, 2.05) is 17.0 Å². The highest BCUT2D eigenvalue weighted by Gasteiger charge is 2.30. The first-order chi connectivity index (χ1) is 11.7. The predicted molar refractivity (Wildman–Crippen MR) is 92.4 cm³/mol. The van der Waals surface area contributed by atoms with Crippen molar-refractivity contribution < 1.29 is 4.79 Å². The number of hydrogen-bond acceptors (Lipinski definition) is 3. The monoisotopic (exact) mass is 345 g/mol. The number of hydrogen-bond donors (Lipinski definition) is 1. The van der Waals surface area contributed by atoms with Crippen molar-refractivity contribution in [2.75, 3.05) is 18.4 Å². The summed E-state index contributed by atoms with van der Waals surface area (Å²) < 4.78 is 2.24. The van der Waals surface area contributed by atoms with E-state index >= 15 is 0 Å². The number of rotatable bonds is 2. The van der Waals surface area contributed by atoms with Crippen LogP contribution in [0.4, 0.5) is 10.5 Å². The normalized spacial score (nSPS) is 20.0. The summed E-state index contributed by atoms with van der Waals surface area (Å²) >= 11 is 5.98. The summed E-state index contributed by atoms with van der Waals surface area (Å²) in [6.07, 6.45) is 4.19. The van der Waals surface area contributed by atoms with Crippen molar-refractivity contribution in [3.05, 3.63) is 40.9 Å². The molecule has 4 rings (SSSR count). The first kappa shape index (κ1) is 15.4. The van der Waals surface area contributed by atoms with Crippen LogP contribution in [0.15, 0.2) is 24.3 Å². The highest BCUT2D eigenvalue weighted by molar-refractivity contribution is 6.30. The summed E-state index contributed by atoms with van der Waals surface area (Å²) in [5, 5.41) is 12.2. The van der Waals surface area contributed by atoms with Crippen molar-refractivity contribution in [1.29, 1.82) is 0 Å². The molecule has 0 unspecified atom stereocenters. The molecule has 0 spiro atoms. The Balaban J connectivity index is 1.45. The number of nitrogens with zero attached hydrogens (tertiary/aromatic N) is 4. The molecular formula is C17H20ClN5O. The molecule has 1 N–H and O–H groups in total. The molecule has 3 heterocycles. The quantitative estimate of drug-likeness (QED) is 0.908. The molecule has 0 saturated carbocycles. The number of benzene rings is 1. The number of anilines is 1. The van der Waals surface area contributed by atoms with Crippen molar-refractivity contribution in [2.24, 2.45) is 0 Å². The Morgan fingerprint density at radius 1 is 1.25 bits per heavy atom.